The van der Waals surface area contributed by atoms with Crippen LogP contribution in [0.25, 0.3) is 0 Å². The van der Waals surface area contributed by atoms with E-state index >= 15 is 0 Å². The van der Waals surface area contributed by atoms with Crippen LogP contribution in [0.5, 0.6) is 0 Å². The van der Waals surface area contributed by atoms with E-state index in [2.05, 4.69) is 43.1 Å². The molecule has 0 aromatic heterocycles. The number of likely N-dealkylation sites (tertiary alicyclic amines) is 1. The van der Waals surface area contributed by atoms with Crippen LogP contribution in [-0.4, -0.2) is 75.9 Å². The molecule has 108 valence electrons. The minimum Gasteiger partial charge on any atom is -0.383 e. The van der Waals surface area contributed by atoms with Gasteiger partial charge >= 0.3 is 0 Å². The summed E-state index contributed by atoms with van der Waals surface area (Å²) in [6.07, 6.45) is 1.26. The molecule has 0 aromatic rings. The molecule has 0 aliphatic carbocycles. The molecule has 0 amide bonds. The molecule has 3 unspecified atom stereocenters. The fourth-order valence-electron chi connectivity index (χ4n) is 2.63. The van der Waals surface area contributed by atoms with Crippen molar-refractivity contribution in [3.05, 3.63) is 0 Å². The highest BCUT2D eigenvalue weighted by Crippen LogP contribution is 2.20. The maximum atomic E-state index is 5.08. The van der Waals surface area contributed by atoms with Gasteiger partial charge < -0.3 is 19.9 Å². The molecule has 1 N–H and O–H groups in total. The van der Waals surface area contributed by atoms with Gasteiger partial charge in [0, 0.05) is 45.4 Å². The summed E-state index contributed by atoms with van der Waals surface area (Å²) in [5, 5.41) is 3.72. The third-order valence-corrected chi connectivity index (χ3v) is 4.19. The summed E-state index contributed by atoms with van der Waals surface area (Å²) in [4.78, 5) is 4.78. The maximum absolute atomic E-state index is 5.08. The highest BCUT2D eigenvalue weighted by Gasteiger charge is 2.28. The number of ether oxygens (including phenoxy) is 1. The molecule has 0 bridgehead atoms. The molecule has 18 heavy (non-hydrogen) atoms. The van der Waals surface area contributed by atoms with Crippen molar-refractivity contribution in [2.75, 3.05) is 54.0 Å². The van der Waals surface area contributed by atoms with E-state index in [0.717, 1.165) is 32.2 Å². The van der Waals surface area contributed by atoms with E-state index < -0.39 is 0 Å². The Kier molecular flexibility index (Phi) is 7.15. The molecular formula is C14H31N3O. The standard InChI is InChI=1S/C14H31N3O/c1-12-11-17(4)13(2)10-14(12)15-6-7-16(3)8-9-18-5/h12-15H,6-11H2,1-5H3. The lowest BCUT2D eigenvalue weighted by Crippen LogP contribution is -2.51. The van der Waals surface area contributed by atoms with Crippen LogP contribution in [-0.2, 0) is 4.74 Å². The number of hydrogen-bond acceptors (Lipinski definition) is 4. The van der Waals surface area contributed by atoms with Crippen molar-refractivity contribution in [2.45, 2.75) is 32.4 Å². The Hall–Kier alpha value is -0.160. The number of methoxy groups -OCH3 is 1. The van der Waals surface area contributed by atoms with Crippen molar-refractivity contribution in [3.8, 4) is 0 Å². The van der Waals surface area contributed by atoms with Gasteiger partial charge in [-0.15, -0.1) is 0 Å². The molecule has 4 nitrogen and oxygen atoms in total. The van der Waals surface area contributed by atoms with Crippen LogP contribution >= 0.6 is 0 Å². The molecule has 1 heterocycles. The van der Waals surface area contributed by atoms with Crippen LogP contribution < -0.4 is 5.32 Å². The van der Waals surface area contributed by atoms with Gasteiger partial charge in [-0.1, -0.05) is 6.92 Å². The number of likely N-dealkylation sites (N-methyl/N-ethyl adjacent to an activating group) is 1. The van der Waals surface area contributed by atoms with E-state index in [1.165, 1.54) is 13.0 Å². The average molecular weight is 257 g/mol. The third kappa shape index (κ3) is 5.22. The lowest BCUT2D eigenvalue weighted by molar-refractivity contribution is 0.118. The van der Waals surface area contributed by atoms with Crippen LogP contribution in [0.2, 0.25) is 0 Å². The van der Waals surface area contributed by atoms with Crippen molar-refractivity contribution < 1.29 is 4.74 Å². The lowest BCUT2D eigenvalue weighted by Gasteiger charge is -2.40. The van der Waals surface area contributed by atoms with Crippen LogP contribution in [0.4, 0.5) is 0 Å². The largest absolute Gasteiger partial charge is 0.383 e. The Labute approximate surface area is 113 Å². The molecule has 1 saturated heterocycles. The molecule has 1 aliphatic heterocycles. The van der Waals surface area contributed by atoms with Crippen LogP contribution in [0.15, 0.2) is 0 Å². The first-order valence-electron chi connectivity index (χ1n) is 7.15. The number of nitrogens with zero attached hydrogens (tertiary/aromatic N) is 2. The summed E-state index contributed by atoms with van der Waals surface area (Å²) in [7, 11) is 6.14. The van der Waals surface area contributed by atoms with Gasteiger partial charge in [0.05, 0.1) is 6.61 Å². The fraction of sp³-hybridized carbons (Fsp3) is 1.00. The first kappa shape index (κ1) is 15.9. The fourth-order valence-corrected chi connectivity index (χ4v) is 2.63. The van der Waals surface area contributed by atoms with E-state index in [4.69, 9.17) is 4.74 Å². The van der Waals surface area contributed by atoms with Gasteiger partial charge in [0.15, 0.2) is 0 Å². The van der Waals surface area contributed by atoms with Crippen molar-refractivity contribution >= 4 is 0 Å². The zero-order valence-corrected chi connectivity index (χ0v) is 12.8. The van der Waals surface area contributed by atoms with Gasteiger partial charge in [-0.25, -0.2) is 0 Å². The minimum atomic E-state index is 0.673. The zero-order valence-electron chi connectivity index (χ0n) is 12.8. The number of piperidine rings is 1. The van der Waals surface area contributed by atoms with Crippen molar-refractivity contribution in [3.63, 3.8) is 0 Å². The summed E-state index contributed by atoms with van der Waals surface area (Å²) in [5.74, 6) is 0.746. The van der Waals surface area contributed by atoms with Gasteiger partial charge in [0.25, 0.3) is 0 Å². The number of rotatable bonds is 7. The molecule has 1 aliphatic rings. The SMILES string of the molecule is COCCN(C)CCNC1CC(C)N(C)CC1C. The Balaban J connectivity index is 2.18. The Morgan fingerprint density at radius 1 is 1.33 bits per heavy atom. The predicted octanol–water partition coefficient (Wildman–Crippen LogP) is 0.883. The van der Waals surface area contributed by atoms with Gasteiger partial charge in [-0.05, 0) is 33.4 Å². The van der Waals surface area contributed by atoms with Gasteiger partial charge in [-0.3, -0.25) is 0 Å². The van der Waals surface area contributed by atoms with Crippen molar-refractivity contribution in [1.82, 2.24) is 15.1 Å². The summed E-state index contributed by atoms with van der Waals surface area (Å²) >= 11 is 0. The molecule has 0 aromatic carbocycles. The highest BCUT2D eigenvalue weighted by molar-refractivity contribution is 4.86. The van der Waals surface area contributed by atoms with Crippen molar-refractivity contribution in [1.29, 1.82) is 0 Å². The summed E-state index contributed by atoms with van der Waals surface area (Å²) in [6, 6.07) is 1.37. The van der Waals surface area contributed by atoms with Gasteiger partial charge in [0.1, 0.15) is 0 Å². The third-order valence-electron chi connectivity index (χ3n) is 4.19. The van der Waals surface area contributed by atoms with E-state index in [1.54, 1.807) is 7.11 Å². The van der Waals surface area contributed by atoms with Crippen LogP contribution in [0, 0.1) is 5.92 Å². The minimum absolute atomic E-state index is 0.673. The van der Waals surface area contributed by atoms with E-state index in [1.807, 2.05) is 0 Å². The molecule has 3 atom stereocenters. The molecule has 4 heteroatoms. The topological polar surface area (TPSA) is 27.7 Å². The van der Waals surface area contributed by atoms with Crippen molar-refractivity contribution in [2.24, 2.45) is 5.92 Å². The second kappa shape index (κ2) is 8.10. The van der Waals surface area contributed by atoms with Gasteiger partial charge in [-0.2, -0.15) is 0 Å². The molecule has 0 spiro atoms. The first-order valence-corrected chi connectivity index (χ1v) is 7.15. The molecule has 1 rings (SSSR count). The normalized spacial score (nSPS) is 30.0. The van der Waals surface area contributed by atoms with Crippen LogP contribution in [0.1, 0.15) is 20.3 Å². The van der Waals surface area contributed by atoms with E-state index in [0.29, 0.717) is 12.1 Å². The van der Waals surface area contributed by atoms with Gasteiger partial charge in [0.2, 0.25) is 0 Å². The number of nitrogens with one attached hydrogen (secondary N) is 1. The second-order valence-corrected chi connectivity index (χ2v) is 5.86. The molecular weight excluding hydrogens is 226 g/mol. The van der Waals surface area contributed by atoms with E-state index in [-0.39, 0.29) is 0 Å². The summed E-state index contributed by atoms with van der Waals surface area (Å²) in [6.45, 7) is 9.89. The monoisotopic (exact) mass is 257 g/mol. The second-order valence-electron chi connectivity index (χ2n) is 5.86. The van der Waals surface area contributed by atoms with Crippen LogP contribution in [0.3, 0.4) is 0 Å². The Bertz CT molecular complexity index is 225. The predicted molar refractivity (Wildman–Crippen MR) is 77.0 cm³/mol. The summed E-state index contributed by atoms with van der Waals surface area (Å²) in [5.41, 5.74) is 0. The Morgan fingerprint density at radius 2 is 2.06 bits per heavy atom. The highest BCUT2D eigenvalue weighted by atomic mass is 16.5. The average Bonchev–Trinajstić information content (AvgIpc) is 2.33. The molecule has 1 fully saturated rings. The zero-order chi connectivity index (χ0) is 13.5. The molecule has 0 radical (unpaired) electrons. The lowest BCUT2D eigenvalue weighted by atomic mass is 9.90. The van der Waals surface area contributed by atoms with E-state index in [9.17, 15) is 0 Å². The molecule has 0 saturated carbocycles. The Morgan fingerprint density at radius 3 is 2.72 bits per heavy atom. The first-order chi connectivity index (χ1) is 8.54. The maximum Gasteiger partial charge on any atom is 0.0589 e. The summed E-state index contributed by atoms with van der Waals surface area (Å²) < 4.78 is 5.08. The number of hydrogen-bond donors (Lipinski definition) is 1. The smallest absolute Gasteiger partial charge is 0.0589 e. The quantitative estimate of drug-likeness (QED) is 0.733.